The predicted molar refractivity (Wildman–Crippen MR) is 88.5 cm³/mol. The van der Waals surface area contributed by atoms with Crippen molar-refractivity contribution in [1.82, 2.24) is 30.4 Å². The maximum Gasteiger partial charge on any atom is 0.326 e. The Labute approximate surface area is 151 Å². The summed E-state index contributed by atoms with van der Waals surface area (Å²) in [4.78, 5) is 38.2. The van der Waals surface area contributed by atoms with Crippen LogP contribution in [0.1, 0.15) is 51.8 Å². The molecule has 2 heterocycles. The Morgan fingerprint density at radius 2 is 2.19 bits per heavy atom. The Hall–Kier alpha value is -2.52. The van der Waals surface area contributed by atoms with Crippen LogP contribution in [0.5, 0.6) is 0 Å². The molecule has 2 aliphatic rings. The summed E-state index contributed by atoms with van der Waals surface area (Å²) < 4.78 is 6.71. The lowest BCUT2D eigenvalue weighted by atomic mass is 9.73. The standard InChI is InChI=1S/C16H24N6O4/c1-3-8-22-12(18-19-20-22)10-26-13(23)9-21-14(24)16(17-15(21)25)7-5-4-6-11(16)2/h11H,3-10H2,1-2H3,(H,17,25)/t11-,16+/m1/s1. The zero-order valence-electron chi connectivity index (χ0n) is 15.1. The van der Waals surface area contributed by atoms with Gasteiger partial charge in [-0.05, 0) is 35.6 Å². The molecule has 10 heteroatoms. The first-order chi connectivity index (χ1) is 12.5. The van der Waals surface area contributed by atoms with Crippen molar-refractivity contribution in [3.63, 3.8) is 0 Å². The molecule has 26 heavy (non-hydrogen) atoms. The lowest BCUT2D eigenvalue weighted by Gasteiger charge is -2.36. The number of imide groups is 1. The van der Waals surface area contributed by atoms with Gasteiger partial charge in [0.05, 0.1) is 0 Å². The SMILES string of the molecule is CCCn1nnnc1COC(=O)CN1C(=O)N[C@]2(CCCC[C@H]2C)C1=O. The van der Waals surface area contributed by atoms with Gasteiger partial charge >= 0.3 is 12.0 Å². The second kappa shape index (κ2) is 7.38. The summed E-state index contributed by atoms with van der Waals surface area (Å²) in [6.45, 7) is 4.06. The minimum atomic E-state index is -0.874. The number of carbonyl (C=O) groups is 3. The van der Waals surface area contributed by atoms with Crippen LogP contribution in [-0.2, 0) is 27.5 Å². The number of tetrazole rings is 1. The molecule has 1 aromatic rings. The summed E-state index contributed by atoms with van der Waals surface area (Å²) in [6.07, 6.45) is 4.25. The number of nitrogens with one attached hydrogen (secondary N) is 1. The van der Waals surface area contributed by atoms with Gasteiger partial charge < -0.3 is 10.1 Å². The molecule has 1 N–H and O–H groups in total. The van der Waals surface area contributed by atoms with Crippen molar-refractivity contribution < 1.29 is 19.1 Å². The summed E-state index contributed by atoms with van der Waals surface area (Å²) in [5, 5.41) is 14.0. The van der Waals surface area contributed by atoms with Gasteiger partial charge in [-0.2, -0.15) is 0 Å². The van der Waals surface area contributed by atoms with Crippen LogP contribution in [0.25, 0.3) is 0 Å². The van der Waals surface area contributed by atoms with Crippen molar-refractivity contribution >= 4 is 17.9 Å². The summed E-state index contributed by atoms with van der Waals surface area (Å²) in [7, 11) is 0. The highest BCUT2D eigenvalue weighted by Gasteiger charge is 2.55. The molecular weight excluding hydrogens is 340 g/mol. The van der Waals surface area contributed by atoms with Crippen LogP contribution < -0.4 is 5.32 Å². The molecule has 0 unspecified atom stereocenters. The minimum Gasteiger partial charge on any atom is -0.456 e. The molecule has 3 rings (SSSR count). The highest BCUT2D eigenvalue weighted by molar-refractivity contribution is 6.08. The number of aryl methyl sites for hydroxylation is 1. The topological polar surface area (TPSA) is 119 Å². The molecule has 3 amide bonds. The molecule has 0 bridgehead atoms. The van der Waals surface area contributed by atoms with E-state index in [9.17, 15) is 14.4 Å². The summed E-state index contributed by atoms with van der Waals surface area (Å²) >= 11 is 0. The van der Waals surface area contributed by atoms with Gasteiger partial charge in [0, 0.05) is 6.54 Å². The van der Waals surface area contributed by atoms with E-state index in [1.165, 1.54) is 0 Å². The van der Waals surface area contributed by atoms with Gasteiger partial charge in [-0.25, -0.2) is 9.48 Å². The zero-order valence-corrected chi connectivity index (χ0v) is 15.1. The molecule has 10 nitrogen and oxygen atoms in total. The Balaban J connectivity index is 1.59. The second-order valence-electron chi connectivity index (χ2n) is 6.92. The average molecular weight is 364 g/mol. The highest BCUT2D eigenvalue weighted by atomic mass is 16.5. The molecule has 1 aliphatic heterocycles. The summed E-state index contributed by atoms with van der Waals surface area (Å²) in [5.74, 6) is -0.523. The van der Waals surface area contributed by atoms with E-state index in [1.54, 1.807) is 4.68 Å². The van der Waals surface area contributed by atoms with Crippen molar-refractivity contribution in [2.45, 2.75) is 64.6 Å². The first kappa shape index (κ1) is 18.3. The first-order valence-electron chi connectivity index (χ1n) is 9.02. The molecule has 1 saturated carbocycles. The number of aromatic nitrogens is 4. The molecule has 1 spiro atoms. The molecule has 2 atom stereocenters. The van der Waals surface area contributed by atoms with E-state index in [0.717, 1.165) is 30.6 Å². The summed E-state index contributed by atoms with van der Waals surface area (Å²) in [5.41, 5.74) is -0.874. The number of carbonyl (C=O) groups excluding carboxylic acids is 3. The van der Waals surface area contributed by atoms with Gasteiger partial charge in [-0.1, -0.05) is 26.7 Å². The lowest BCUT2D eigenvalue weighted by Crippen LogP contribution is -2.54. The third kappa shape index (κ3) is 3.27. The van der Waals surface area contributed by atoms with E-state index in [0.29, 0.717) is 18.8 Å². The third-order valence-electron chi connectivity index (χ3n) is 5.19. The van der Waals surface area contributed by atoms with Gasteiger partial charge in [0.2, 0.25) is 0 Å². The molecule has 142 valence electrons. The smallest absolute Gasteiger partial charge is 0.326 e. The van der Waals surface area contributed by atoms with Crippen LogP contribution in [0.4, 0.5) is 4.79 Å². The maximum atomic E-state index is 12.8. The van der Waals surface area contributed by atoms with Crippen molar-refractivity contribution in [2.75, 3.05) is 6.54 Å². The van der Waals surface area contributed by atoms with E-state index in [4.69, 9.17) is 4.74 Å². The first-order valence-corrected chi connectivity index (χ1v) is 9.02. The maximum absolute atomic E-state index is 12.8. The highest BCUT2D eigenvalue weighted by Crippen LogP contribution is 2.38. The number of urea groups is 1. The largest absolute Gasteiger partial charge is 0.456 e. The number of amides is 3. The van der Waals surface area contributed by atoms with Crippen LogP contribution >= 0.6 is 0 Å². The Morgan fingerprint density at radius 1 is 1.38 bits per heavy atom. The molecule has 1 saturated heterocycles. The van der Waals surface area contributed by atoms with E-state index in [1.807, 2.05) is 13.8 Å². The summed E-state index contributed by atoms with van der Waals surface area (Å²) in [6, 6.07) is -0.531. The number of hydrogen-bond acceptors (Lipinski definition) is 7. The average Bonchev–Trinajstić information content (AvgIpc) is 3.15. The number of esters is 1. The van der Waals surface area contributed by atoms with Gasteiger partial charge in [-0.15, -0.1) is 5.10 Å². The fraction of sp³-hybridized carbons (Fsp3) is 0.750. The van der Waals surface area contributed by atoms with Gasteiger partial charge in [0.1, 0.15) is 12.1 Å². The van der Waals surface area contributed by atoms with E-state index < -0.39 is 24.1 Å². The van der Waals surface area contributed by atoms with Gasteiger partial charge in [-0.3, -0.25) is 14.5 Å². The van der Waals surface area contributed by atoms with E-state index in [2.05, 4.69) is 20.8 Å². The Morgan fingerprint density at radius 3 is 2.92 bits per heavy atom. The molecule has 0 aromatic carbocycles. The Bertz CT molecular complexity index is 705. The number of hydrogen-bond donors (Lipinski definition) is 1. The minimum absolute atomic E-state index is 0.0485. The fourth-order valence-electron chi connectivity index (χ4n) is 3.67. The Kier molecular flexibility index (Phi) is 5.19. The molecule has 2 fully saturated rings. The second-order valence-corrected chi connectivity index (χ2v) is 6.92. The van der Waals surface area contributed by atoms with Crippen molar-refractivity contribution in [2.24, 2.45) is 5.92 Å². The predicted octanol–water partition coefficient (Wildman–Crippen LogP) is 0.627. The molecule has 0 radical (unpaired) electrons. The molecular formula is C16H24N6O4. The van der Waals surface area contributed by atoms with Crippen LogP contribution in [0.3, 0.4) is 0 Å². The van der Waals surface area contributed by atoms with Crippen LogP contribution in [-0.4, -0.2) is 55.1 Å². The van der Waals surface area contributed by atoms with Crippen molar-refractivity contribution in [3.8, 4) is 0 Å². The van der Waals surface area contributed by atoms with Crippen LogP contribution in [0, 0.1) is 5.92 Å². The monoisotopic (exact) mass is 364 g/mol. The molecule has 1 aliphatic carbocycles. The normalized spacial score (nSPS) is 25.6. The third-order valence-corrected chi connectivity index (χ3v) is 5.19. The number of nitrogens with zero attached hydrogens (tertiary/aromatic N) is 5. The van der Waals surface area contributed by atoms with Crippen LogP contribution in [0.2, 0.25) is 0 Å². The quantitative estimate of drug-likeness (QED) is 0.580. The van der Waals surface area contributed by atoms with Crippen molar-refractivity contribution in [1.29, 1.82) is 0 Å². The van der Waals surface area contributed by atoms with E-state index in [-0.39, 0.29) is 18.4 Å². The van der Waals surface area contributed by atoms with Crippen LogP contribution in [0.15, 0.2) is 0 Å². The van der Waals surface area contributed by atoms with Gasteiger partial charge in [0.15, 0.2) is 12.4 Å². The number of rotatable bonds is 6. The lowest BCUT2D eigenvalue weighted by molar-refractivity contribution is -0.149. The molecule has 1 aromatic heterocycles. The van der Waals surface area contributed by atoms with Gasteiger partial charge in [0.25, 0.3) is 5.91 Å². The van der Waals surface area contributed by atoms with Crippen molar-refractivity contribution in [3.05, 3.63) is 5.82 Å². The zero-order chi connectivity index (χ0) is 18.7. The van der Waals surface area contributed by atoms with E-state index >= 15 is 0 Å². The fourth-order valence-corrected chi connectivity index (χ4v) is 3.67. The number of ether oxygens (including phenoxy) is 1.